The second-order valence-corrected chi connectivity index (χ2v) is 7.20. The van der Waals surface area contributed by atoms with Gasteiger partial charge < -0.3 is 9.88 Å². The van der Waals surface area contributed by atoms with Gasteiger partial charge in [0.25, 0.3) is 11.5 Å². The van der Waals surface area contributed by atoms with Gasteiger partial charge in [0, 0.05) is 30.8 Å². The van der Waals surface area contributed by atoms with Crippen molar-refractivity contribution >= 4 is 29.0 Å². The summed E-state index contributed by atoms with van der Waals surface area (Å²) >= 11 is 5.15. The minimum Gasteiger partial charge on any atom is -0.332 e. The number of nitrogens with one attached hydrogen (secondary N) is 1. The molecule has 2 aromatic carbocycles. The molecule has 0 radical (unpaired) electrons. The third-order valence-electron chi connectivity index (χ3n) is 4.89. The van der Waals surface area contributed by atoms with Gasteiger partial charge in [0.2, 0.25) is 0 Å². The molecule has 7 heteroatoms. The molecular weight excluding hydrogens is 365 g/mol. The summed E-state index contributed by atoms with van der Waals surface area (Å²) in [5, 5.41) is 0.467. The number of aromatic nitrogens is 2. The van der Waals surface area contributed by atoms with Crippen molar-refractivity contribution in [1.29, 1.82) is 0 Å². The fourth-order valence-corrected chi connectivity index (χ4v) is 3.36. The topological polar surface area (TPSA) is 58.1 Å². The van der Waals surface area contributed by atoms with Gasteiger partial charge in [-0.25, -0.2) is 4.39 Å². The van der Waals surface area contributed by atoms with E-state index in [0.717, 1.165) is 12.8 Å². The van der Waals surface area contributed by atoms with Gasteiger partial charge in [-0.2, -0.15) is 0 Å². The van der Waals surface area contributed by atoms with Gasteiger partial charge in [0.1, 0.15) is 5.82 Å². The van der Waals surface area contributed by atoms with Crippen molar-refractivity contribution in [3.63, 3.8) is 0 Å². The Morgan fingerprint density at radius 3 is 2.74 bits per heavy atom. The van der Waals surface area contributed by atoms with Crippen LogP contribution >= 0.6 is 12.2 Å². The second-order valence-electron chi connectivity index (χ2n) is 6.81. The third-order valence-corrected chi connectivity index (χ3v) is 5.27. The molecule has 0 unspecified atom stereocenters. The fourth-order valence-electron chi connectivity index (χ4n) is 3.17. The van der Waals surface area contributed by atoms with E-state index in [1.165, 1.54) is 10.6 Å². The van der Waals surface area contributed by atoms with E-state index >= 15 is 0 Å². The standard InChI is InChI=1S/C20H18FN3O2S/c1-23-19(26)15-9-6-12(10-17(15)22-20(23)27)18(25)24(14-7-8-14)11-13-4-2-3-5-16(13)21/h2-6,9-10,14H,7-8,11H2,1H3,(H,22,27). The maximum absolute atomic E-state index is 14.0. The number of nitrogens with zero attached hydrogens (tertiary/aromatic N) is 2. The number of rotatable bonds is 4. The van der Waals surface area contributed by atoms with E-state index in [-0.39, 0.29) is 29.9 Å². The summed E-state index contributed by atoms with van der Waals surface area (Å²) in [6.07, 6.45) is 1.83. The van der Waals surface area contributed by atoms with Crippen LogP contribution in [0.25, 0.3) is 10.9 Å². The zero-order valence-corrected chi connectivity index (χ0v) is 15.6. The summed E-state index contributed by atoms with van der Waals surface area (Å²) < 4.78 is 15.7. The number of H-pyrrole nitrogens is 1. The number of benzene rings is 2. The molecule has 1 aliphatic rings. The number of carbonyl (C=O) groups excluding carboxylic acids is 1. The molecule has 1 fully saturated rings. The third kappa shape index (κ3) is 3.30. The van der Waals surface area contributed by atoms with Crippen LogP contribution < -0.4 is 5.56 Å². The lowest BCUT2D eigenvalue weighted by atomic mass is 10.1. The Labute approximate surface area is 160 Å². The Balaban J connectivity index is 1.71. The van der Waals surface area contributed by atoms with Crippen LogP contribution in [-0.4, -0.2) is 26.4 Å². The smallest absolute Gasteiger partial charge is 0.261 e. The van der Waals surface area contributed by atoms with Gasteiger partial charge >= 0.3 is 0 Å². The summed E-state index contributed by atoms with van der Waals surface area (Å²) in [4.78, 5) is 30.1. The molecule has 1 amide bonds. The molecule has 0 saturated heterocycles. The monoisotopic (exact) mass is 383 g/mol. The van der Waals surface area contributed by atoms with Crippen molar-refractivity contribution < 1.29 is 9.18 Å². The summed E-state index contributed by atoms with van der Waals surface area (Å²) in [6.45, 7) is 0.223. The van der Waals surface area contributed by atoms with E-state index in [1.54, 1.807) is 48.3 Å². The fraction of sp³-hybridized carbons (Fsp3) is 0.250. The Morgan fingerprint density at radius 2 is 2.04 bits per heavy atom. The first-order valence-electron chi connectivity index (χ1n) is 8.73. The molecule has 1 aromatic heterocycles. The quantitative estimate of drug-likeness (QED) is 0.701. The number of aromatic amines is 1. The van der Waals surface area contributed by atoms with Crippen LogP contribution in [0.5, 0.6) is 0 Å². The highest BCUT2D eigenvalue weighted by Gasteiger charge is 2.33. The first kappa shape index (κ1) is 17.6. The maximum Gasteiger partial charge on any atom is 0.261 e. The average molecular weight is 383 g/mol. The van der Waals surface area contributed by atoms with E-state index in [2.05, 4.69) is 4.98 Å². The van der Waals surface area contributed by atoms with Crippen LogP contribution in [0, 0.1) is 10.6 Å². The molecule has 138 valence electrons. The Morgan fingerprint density at radius 1 is 1.30 bits per heavy atom. The molecule has 1 saturated carbocycles. The predicted molar refractivity (Wildman–Crippen MR) is 104 cm³/mol. The first-order valence-corrected chi connectivity index (χ1v) is 9.14. The van der Waals surface area contributed by atoms with Gasteiger partial charge in [-0.15, -0.1) is 0 Å². The zero-order chi connectivity index (χ0) is 19.1. The van der Waals surface area contributed by atoms with Crippen LogP contribution in [-0.2, 0) is 13.6 Å². The molecule has 5 nitrogen and oxygen atoms in total. The normalized spacial score (nSPS) is 13.7. The van der Waals surface area contributed by atoms with Crippen molar-refractivity contribution in [3.8, 4) is 0 Å². The highest BCUT2D eigenvalue weighted by atomic mass is 32.1. The Bertz CT molecular complexity index is 1160. The molecule has 0 bridgehead atoms. The van der Waals surface area contributed by atoms with E-state index < -0.39 is 0 Å². The lowest BCUT2D eigenvalue weighted by molar-refractivity contribution is 0.0728. The summed E-state index contributed by atoms with van der Waals surface area (Å²) in [7, 11) is 1.60. The number of fused-ring (bicyclic) bond motifs is 1. The van der Waals surface area contributed by atoms with Gasteiger partial charge in [-0.05, 0) is 49.3 Å². The molecule has 1 heterocycles. The predicted octanol–water partition coefficient (Wildman–Crippen LogP) is 3.54. The SMILES string of the molecule is Cn1c(=S)[nH]c2cc(C(=O)N(Cc3ccccc3F)C3CC3)ccc2c1=O. The molecule has 0 spiro atoms. The van der Waals surface area contributed by atoms with Gasteiger partial charge in [0.05, 0.1) is 10.9 Å². The second kappa shape index (κ2) is 6.74. The van der Waals surface area contributed by atoms with Crippen molar-refractivity contribution in [2.75, 3.05) is 0 Å². The van der Waals surface area contributed by atoms with Crippen molar-refractivity contribution in [3.05, 3.63) is 74.5 Å². The minimum absolute atomic E-state index is 0.120. The Kier molecular flexibility index (Phi) is 4.39. The molecule has 0 aliphatic heterocycles. The number of hydrogen-bond donors (Lipinski definition) is 1. The summed E-state index contributed by atoms with van der Waals surface area (Å²) in [6, 6.07) is 11.5. The summed E-state index contributed by atoms with van der Waals surface area (Å²) in [5.74, 6) is -0.496. The maximum atomic E-state index is 14.0. The number of amides is 1. The van der Waals surface area contributed by atoms with Crippen molar-refractivity contribution in [2.24, 2.45) is 7.05 Å². The lowest BCUT2D eigenvalue weighted by Crippen LogP contribution is -2.33. The number of carbonyl (C=O) groups is 1. The average Bonchev–Trinajstić information content (AvgIpc) is 3.50. The van der Waals surface area contributed by atoms with Crippen LogP contribution in [0.4, 0.5) is 4.39 Å². The number of hydrogen-bond acceptors (Lipinski definition) is 3. The van der Waals surface area contributed by atoms with Gasteiger partial charge in [0.15, 0.2) is 4.77 Å². The van der Waals surface area contributed by atoms with Crippen LogP contribution in [0.15, 0.2) is 47.3 Å². The van der Waals surface area contributed by atoms with Crippen LogP contribution in [0.3, 0.4) is 0 Å². The molecule has 1 aliphatic carbocycles. The first-order chi connectivity index (χ1) is 13.0. The highest BCUT2D eigenvalue weighted by Crippen LogP contribution is 2.30. The molecule has 4 rings (SSSR count). The minimum atomic E-state index is -0.318. The van der Waals surface area contributed by atoms with Gasteiger partial charge in [-0.3, -0.25) is 14.2 Å². The van der Waals surface area contributed by atoms with Crippen molar-refractivity contribution in [1.82, 2.24) is 14.5 Å². The van der Waals surface area contributed by atoms with E-state index in [4.69, 9.17) is 12.2 Å². The largest absolute Gasteiger partial charge is 0.332 e. The van der Waals surface area contributed by atoms with E-state index in [0.29, 0.717) is 26.8 Å². The molecule has 3 aromatic rings. The van der Waals surface area contributed by atoms with Crippen LogP contribution in [0.1, 0.15) is 28.8 Å². The van der Waals surface area contributed by atoms with Crippen LogP contribution in [0.2, 0.25) is 0 Å². The van der Waals surface area contributed by atoms with Crippen molar-refractivity contribution in [2.45, 2.75) is 25.4 Å². The Hall–Kier alpha value is -2.80. The molecule has 1 N–H and O–H groups in total. The zero-order valence-electron chi connectivity index (χ0n) is 14.7. The van der Waals surface area contributed by atoms with E-state index in [1.807, 2.05) is 0 Å². The lowest BCUT2D eigenvalue weighted by Gasteiger charge is -2.23. The number of halogens is 1. The molecule has 0 atom stereocenters. The molecular formula is C20H18FN3O2S. The summed E-state index contributed by atoms with van der Waals surface area (Å²) in [5.41, 5.74) is 1.25. The highest BCUT2D eigenvalue weighted by molar-refractivity contribution is 7.71. The van der Waals surface area contributed by atoms with E-state index in [9.17, 15) is 14.0 Å². The van der Waals surface area contributed by atoms with Gasteiger partial charge in [-0.1, -0.05) is 18.2 Å². The molecule has 27 heavy (non-hydrogen) atoms.